The van der Waals surface area contributed by atoms with E-state index in [2.05, 4.69) is 24.9 Å². The first kappa shape index (κ1) is 9.17. The van der Waals surface area contributed by atoms with E-state index in [9.17, 15) is 0 Å². The minimum absolute atomic E-state index is 0.431. The van der Waals surface area contributed by atoms with Crippen LogP contribution in [0.4, 0.5) is 0 Å². The molecule has 0 aliphatic heterocycles. The Morgan fingerprint density at radius 2 is 1.94 bits per heavy atom. The molecule has 5 nitrogen and oxygen atoms in total. The van der Waals surface area contributed by atoms with Gasteiger partial charge in [0.2, 0.25) is 0 Å². The number of fused-ring (bicyclic) bond motifs is 1. The number of hydrogen-bond acceptors (Lipinski definition) is 4. The fourth-order valence-electron chi connectivity index (χ4n) is 1.48. The van der Waals surface area contributed by atoms with Gasteiger partial charge >= 0.3 is 0 Å². The molecular weight excluding hydrogens is 222 g/mol. The molecule has 0 bridgehead atoms. The fourth-order valence-corrected chi connectivity index (χ4v) is 1.63. The van der Waals surface area contributed by atoms with E-state index in [-0.39, 0.29) is 0 Å². The quantitative estimate of drug-likeness (QED) is 0.627. The Morgan fingerprint density at radius 1 is 1.12 bits per heavy atom. The molecule has 16 heavy (non-hydrogen) atoms. The highest BCUT2D eigenvalue weighted by Gasteiger charge is 2.04. The smallest absolute Gasteiger partial charge is 0.198 e. The van der Waals surface area contributed by atoms with Crippen molar-refractivity contribution in [2.75, 3.05) is 0 Å². The summed E-state index contributed by atoms with van der Waals surface area (Å²) in [6, 6.07) is 3.78. The molecule has 6 heteroatoms. The second-order valence-corrected chi connectivity index (χ2v) is 3.66. The van der Waals surface area contributed by atoms with Crippen molar-refractivity contribution >= 4 is 23.4 Å². The maximum absolute atomic E-state index is 4.93. The monoisotopic (exact) mass is 229 g/mol. The van der Waals surface area contributed by atoms with Crippen molar-refractivity contribution in [2.24, 2.45) is 0 Å². The summed E-state index contributed by atoms with van der Waals surface area (Å²) in [5.74, 6) is 0.774. The standard InChI is InChI=1S/C10H7N5S/c16-10-12-5-7-9(15-10)14-8(13-7)6-1-3-11-4-2-6/h1-5H,(H2,12,13,14,15,16). The average molecular weight is 229 g/mol. The minimum atomic E-state index is 0.431. The van der Waals surface area contributed by atoms with Crippen molar-refractivity contribution in [3.63, 3.8) is 0 Å². The number of aromatic amines is 2. The Hall–Kier alpha value is -2.08. The van der Waals surface area contributed by atoms with E-state index in [1.54, 1.807) is 18.6 Å². The lowest BCUT2D eigenvalue weighted by Crippen LogP contribution is -1.81. The topological polar surface area (TPSA) is 70.2 Å². The van der Waals surface area contributed by atoms with E-state index in [4.69, 9.17) is 12.2 Å². The van der Waals surface area contributed by atoms with Crippen LogP contribution in [0.25, 0.3) is 22.6 Å². The van der Waals surface area contributed by atoms with Crippen molar-refractivity contribution < 1.29 is 0 Å². The van der Waals surface area contributed by atoms with Gasteiger partial charge in [-0.1, -0.05) is 0 Å². The van der Waals surface area contributed by atoms with Crippen molar-refractivity contribution in [2.45, 2.75) is 0 Å². The molecule has 78 valence electrons. The van der Waals surface area contributed by atoms with Crippen LogP contribution in [0.1, 0.15) is 0 Å². The molecule has 0 aromatic carbocycles. The molecule has 0 radical (unpaired) electrons. The Kier molecular flexibility index (Phi) is 2.00. The van der Waals surface area contributed by atoms with Crippen LogP contribution in [0.15, 0.2) is 30.7 Å². The Balaban J connectivity index is 2.23. The van der Waals surface area contributed by atoms with Crippen molar-refractivity contribution in [1.29, 1.82) is 0 Å². The van der Waals surface area contributed by atoms with Crippen LogP contribution in [0.5, 0.6) is 0 Å². The summed E-state index contributed by atoms with van der Waals surface area (Å²) in [5.41, 5.74) is 2.53. The van der Waals surface area contributed by atoms with E-state index >= 15 is 0 Å². The highest BCUT2D eigenvalue weighted by Crippen LogP contribution is 2.17. The summed E-state index contributed by atoms with van der Waals surface area (Å²) in [5, 5.41) is 0. The average Bonchev–Trinajstić information content (AvgIpc) is 2.73. The normalized spacial score (nSPS) is 10.8. The molecule has 0 atom stereocenters. The molecule has 0 aliphatic rings. The zero-order chi connectivity index (χ0) is 11.0. The molecule has 0 spiro atoms. The summed E-state index contributed by atoms with van der Waals surface area (Å²) in [4.78, 5) is 18.4. The Labute approximate surface area is 95.6 Å². The molecule has 3 rings (SSSR count). The van der Waals surface area contributed by atoms with Crippen LogP contribution in [-0.4, -0.2) is 24.9 Å². The molecule has 2 N–H and O–H groups in total. The number of nitrogens with zero attached hydrogens (tertiary/aromatic N) is 3. The summed E-state index contributed by atoms with van der Waals surface area (Å²) in [7, 11) is 0. The maximum Gasteiger partial charge on any atom is 0.198 e. The van der Waals surface area contributed by atoms with Gasteiger partial charge in [0, 0.05) is 18.0 Å². The summed E-state index contributed by atoms with van der Waals surface area (Å²) in [6.07, 6.45) is 5.12. The Morgan fingerprint density at radius 3 is 2.75 bits per heavy atom. The van der Waals surface area contributed by atoms with E-state index in [0.717, 1.165) is 16.9 Å². The molecule has 0 amide bonds. The highest BCUT2D eigenvalue weighted by molar-refractivity contribution is 7.71. The van der Waals surface area contributed by atoms with Gasteiger partial charge in [-0.2, -0.15) is 0 Å². The largest absolute Gasteiger partial charge is 0.335 e. The third kappa shape index (κ3) is 1.49. The van der Waals surface area contributed by atoms with Crippen LogP contribution in [0, 0.1) is 4.77 Å². The van der Waals surface area contributed by atoms with Gasteiger partial charge in [0.1, 0.15) is 11.3 Å². The number of pyridine rings is 1. The summed E-state index contributed by atoms with van der Waals surface area (Å²) >= 11 is 4.93. The second-order valence-electron chi connectivity index (χ2n) is 3.27. The third-order valence-electron chi connectivity index (χ3n) is 2.22. The number of imidazole rings is 1. The van der Waals surface area contributed by atoms with Gasteiger partial charge in [-0.25, -0.2) is 9.97 Å². The zero-order valence-electron chi connectivity index (χ0n) is 8.14. The number of H-pyrrole nitrogens is 2. The van der Waals surface area contributed by atoms with Gasteiger partial charge in [-0.05, 0) is 24.4 Å². The van der Waals surface area contributed by atoms with Gasteiger partial charge in [-0.15, -0.1) is 0 Å². The maximum atomic E-state index is 4.93. The molecule has 0 saturated carbocycles. The lowest BCUT2D eigenvalue weighted by molar-refractivity contribution is 1.17. The molecule has 3 aromatic rings. The third-order valence-corrected chi connectivity index (χ3v) is 2.43. The van der Waals surface area contributed by atoms with Crippen molar-refractivity contribution in [3.05, 3.63) is 35.5 Å². The van der Waals surface area contributed by atoms with Gasteiger partial charge < -0.3 is 9.97 Å². The predicted molar refractivity (Wildman–Crippen MR) is 62.3 cm³/mol. The van der Waals surface area contributed by atoms with E-state index in [1.807, 2.05) is 12.1 Å². The predicted octanol–water partition coefficient (Wildman–Crippen LogP) is 2.08. The van der Waals surface area contributed by atoms with E-state index < -0.39 is 0 Å². The van der Waals surface area contributed by atoms with E-state index in [1.165, 1.54) is 0 Å². The fraction of sp³-hybridized carbons (Fsp3) is 0. The molecule has 3 aromatic heterocycles. The number of nitrogens with one attached hydrogen (secondary N) is 2. The summed E-state index contributed by atoms with van der Waals surface area (Å²) < 4.78 is 0.431. The molecule has 0 aliphatic carbocycles. The Bertz CT molecular complexity index is 685. The van der Waals surface area contributed by atoms with Crippen LogP contribution in [0.2, 0.25) is 0 Å². The van der Waals surface area contributed by atoms with E-state index in [0.29, 0.717) is 10.4 Å². The molecule has 0 saturated heterocycles. The van der Waals surface area contributed by atoms with Gasteiger partial charge in [-0.3, -0.25) is 4.98 Å². The SMILES string of the molecule is S=c1ncc2[nH]c(-c3ccncc3)nc2[nH]1. The molecule has 0 fully saturated rings. The van der Waals surface area contributed by atoms with Crippen LogP contribution >= 0.6 is 12.2 Å². The zero-order valence-corrected chi connectivity index (χ0v) is 8.95. The van der Waals surface area contributed by atoms with Crippen LogP contribution < -0.4 is 0 Å². The van der Waals surface area contributed by atoms with Gasteiger partial charge in [0.25, 0.3) is 0 Å². The van der Waals surface area contributed by atoms with Crippen molar-refractivity contribution in [1.82, 2.24) is 24.9 Å². The second kappa shape index (κ2) is 3.49. The first-order chi connectivity index (χ1) is 7.83. The van der Waals surface area contributed by atoms with Crippen molar-refractivity contribution in [3.8, 4) is 11.4 Å². The van der Waals surface area contributed by atoms with Gasteiger partial charge in [0.15, 0.2) is 10.4 Å². The molecule has 0 unspecified atom stereocenters. The minimum Gasteiger partial charge on any atom is -0.335 e. The first-order valence-electron chi connectivity index (χ1n) is 4.68. The highest BCUT2D eigenvalue weighted by atomic mass is 32.1. The van der Waals surface area contributed by atoms with Crippen LogP contribution in [0.3, 0.4) is 0 Å². The van der Waals surface area contributed by atoms with Crippen LogP contribution in [-0.2, 0) is 0 Å². The lowest BCUT2D eigenvalue weighted by atomic mass is 10.3. The number of aromatic nitrogens is 5. The number of rotatable bonds is 1. The number of hydrogen-bond donors (Lipinski definition) is 2. The van der Waals surface area contributed by atoms with Gasteiger partial charge in [0.05, 0.1) is 6.20 Å². The summed E-state index contributed by atoms with van der Waals surface area (Å²) in [6.45, 7) is 0. The lowest BCUT2D eigenvalue weighted by Gasteiger charge is -1.92. The molecular formula is C10H7N5S. The molecule has 3 heterocycles. The first-order valence-corrected chi connectivity index (χ1v) is 5.09.